The van der Waals surface area contributed by atoms with E-state index >= 15 is 0 Å². The van der Waals surface area contributed by atoms with Crippen molar-refractivity contribution < 1.29 is 4.74 Å². The fourth-order valence-electron chi connectivity index (χ4n) is 1.77. The SMILES string of the molecule is CCCC(C)(CC)c1cnc(OC)cn1. The van der Waals surface area contributed by atoms with E-state index in [0.29, 0.717) is 5.88 Å². The second kappa shape index (κ2) is 5.10. The van der Waals surface area contributed by atoms with Gasteiger partial charge in [-0.2, -0.15) is 0 Å². The molecule has 0 aliphatic heterocycles. The third-order valence-corrected chi connectivity index (χ3v) is 3.04. The molecule has 1 aromatic heterocycles. The highest BCUT2D eigenvalue weighted by atomic mass is 16.5. The summed E-state index contributed by atoms with van der Waals surface area (Å²) < 4.78 is 5.00. The van der Waals surface area contributed by atoms with Gasteiger partial charge in [-0.15, -0.1) is 0 Å². The molecule has 0 N–H and O–H groups in total. The molecule has 0 amide bonds. The van der Waals surface area contributed by atoms with Gasteiger partial charge in [0.25, 0.3) is 0 Å². The van der Waals surface area contributed by atoms with Gasteiger partial charge in [-0.1, -0.05) is 27.2 Å². The summed E-state index contributed by atoms with van der Waals surface area (Å²) >= 11 is 0. The van der Waals surface area contributed by atoms with Crippen LogP contribution in [0.2, 0.25) is 0 Å². The van der Waals surface area contributed by atoms with Crippen molar-refractivity contribution in [3.8, 4) is 5.88 Å². The van der Waals surface area contributed by atoms with Crippen LogP contribution in [0.5, 0.6) is 5.88 Å². The Morgan fingerprint density at radius 1 is 1.27 bits per heavy atom. The third kappa shape index (κ3) is 2.67. The molecule has 0 aromatic carbocycles. The molecular formula is C12H20N2O. The summed E-state index contributed by atoms with van der Waals surface area (Å²) in [5.41, 5.74) is 1.21. The highest BCUT2D eigenvalue weighted by Crippen LogP contribution is 2.30. The molecule has 3 nitrogen and oxygen atoms in total. The van der Waals surface area contributed by atoms with Crippen LogP contribution in [0.25, 0.3) is 0 Å². The van der Waals surface area contributed by atoms with Gasteiger partial charge in [0.15, 0.2) is 0 Å². The number of hydrogen-bond donors (Lipinski definition) is 0. The van der Waals surface area contributed by atoms with E-state index in [0.717, 1.165) is 25.0 Å². The van der Waals surface area contributed by atoms with E-state index in [1.165, 1.54) is 0 Å². The molecule has 3 heteroatoms. The van der Waals surface area contributed by atoms with Crippen molar-refractivity contribution in [3.63, 3.8) is 0 Å². The number of rotatable bonds is 5. The van der Waals surface area contributed by atoms with Gasteiger partial charge in [0.2, 0.25) is 5.88 Å². The molecule has 1 rings (SSSR count). The Hall–Kier alpha value is -1.12. The van der Waals surface area contributed by atoms with Crippen molar-refractivity contribution >= 4 is 0 Å². The van der Waals surface area contributed by atoms with Gasteiger partial charge in [-0.3, -0.25) is 4.98 Å². The molecule has 0 spiro atoms. The van der Waals surface area contributed by atoms with Gasteiger partial charge in [-0.05, 0) is 12.8 Å². The van der Waals surface area contributed by atoms with Crippen molar-refractivity contribution in [1.29, 1.82) is 0 Å². The van der Waals surface area contributed by atoms with E-state index in [-0.39, 0.29) is 5.41 Å². The van der Waals surface area contributed by atoms with Crippen molar-refractivity contribution in [2.75, 3.05) is 7.11 Å². The van der Waals surface area contributed by atoms with Crippen LogP contribution in [0.1, 0.15) is 45.7 Å². The summed E-state index contributed by atoms with van der Waals surface area (Å²) in [5.74, 6) is 0.578. The normalized spacial score (nSPS) is 14.7. The van der Waals surface area contributed by atoms with E-state index in [2.05, 4.69) is 30.7 Å². The van der Waals surface area contributed by atoms with Crippen LogP contribution < -0.4 is 4.74 Å². The van der Waals surface area contributed by atoms with Gasteiger partial charge < -0.3 is 4.74 Å². The number of aromatic nitrogens is 2. The summed E-state index contributed by atoms with van der Waals surface area (Å²) in [6, 6.07) is 0. The first-order chi connectivity index (χ1) is 7.16. The molecule has 0 aliphatic rings. The largest absolute Gasteiger partial charge is 0.480 e. The van der Waals surface area contributed by atoms with Crippen LogP contribution in [-0.4, -0.2) is 17.1 Å². The van der Waals surface area contributed by atoms with Crippen LogP contribution in [0.15, 0.2) is 12.4 Å². The monoisotopic (exact) mass is 208 g/mol. The molecule has 0 radical (unpaired) electrons. The first kappa shape index (κ1) is 12.0. The van der Waals surface area contributed by atoms with Gasteiger partial charge in [0.1, 0.15) is 0 Å². The first-order valence-electron chi connectivity index (χ1n) is 5.52. The Labute approximate surface area is 91.9 Å². The minimum Gasteiger partial charge on any atom is -0.480 e. The van der Waals surface area contributed by atoms with Crippen molar-refractivity contribution in [2.45, 2.75) is 45.4 Å². The molecule has 84 valence electrons. The van der Waals surface area contributed by atoms with Crippen molar-refractivity contribution in [3.05, 3.63) is 18.1 Å². The van der Waals surface area contributed by atoms with Crippen LogP contribution in [0.4, 0.5) is 0 Å². The van der Waals surface area contributed by atoms with E-state index in [1.54, 1.807) is 13.3 Å². The number of hydrogen-bond acceptors (Lipinski definition) is 3. The summed E-state index contributed by atoms with van der Waals surface area (Å²) in [5, 5.41) is 0. The molecule has 1 aromatic rings. The van der Waals surface area contributed by atoms with E-state index in [9.17, 15) is 0 Å². The molecule has 0 bridgehead atoms. The second-order valence-corrected chi connectivity index (χ2v) is 4.11. The summed E-state index contributed by atoms with van der Waals surface area (Å²) in [6.45, 7) is 6.64. The van der Waals surface area contributed by atoms with Gasteiger partial charge in [0, 0.05) is 5.41 Å². The molecule has 0 aliphatic carbocycles. The predicted molar refractivity (Wildman–Crippen MR) is 61.1 cm³/mol. The second-order valence-electron chi connectivity index (χ2n) is 4.11. The van der Waals surface area contributed by atoms with Gasteiger partial charge in [-0.25, -0.2) is 4.98 Å². The van der Waals surface area contributed by atoms with Crippen molar-refractivity contribution in [2.24, 2.45) is 0 Å². The molecule has 1 atom stereocenters. The molecular weight excluding hydrogens is 188 g/mol. The standard InChI is InChI=1S/C12H20N2O/c1-5-7-12(3,6-2)10-8-14-11(15-4)9-13-10/h8-9H,5-7H2,1-4H3. The highest BCUT2D eigenvalue weighted by molar-refractivity contribution is 5.15. The quantitative estimate of drug-likeness (QED) is 0.746. The summed E-state index contributed by atoms with van der Waals surface area (Å²) in [4.78, 5) is 8.63. The third-order valence-electron chi connectivity index (χ3n) is 3.04. The zero-order valence-electron chi connectivity index (χ0n) is 10.1. The molecule has 0 fully saturated rings. The van der Waals surface area contributed by atoms with Crippen LogP contribution in [-0.2, 0) is 5.41 Å². The Kier molecular flexibility index (Phi) is 4.06. The molecule has 0 saturated heterocycles. The molecule has 1 heterocycles. The van der Waals surface area contributed by atoms with Crippen LogP contribution in [0.3, 0.4) is 0 Å². The van der Waals surface area contributed by atoms with Crippen LogP contribution >= 0.6 is 0 Å². The zero-order valence-corrected chi connectivity index (χ0v) is 10.1. The van der Waals surface area contributed by atoms with Crippen molar-refractivity contribution in [1.82, 2.24) is 9.97 Å². The topological polar surface area (TPSA) is 35.0 Å². The molecule has 1 unspecified atom stereocenters. The minimum atomic E-state index is 0.147. The molecule has 0 saturated carbocycles. The Bertz CT molecular complexity index is 297. The predicted octanol–water partition coefficient (Wildman–Crippen LogP) is 2.95. The lowest BCUT2D eigenvalue weighted by atomic mass is 9.80. The maximum atomic E-state index is 5.00. The van der Waals surface area contributed by atoms with Gasteiger partial charge >= 0.3 is 0 Å². The van der Waals surface area contributed by atoms with Crippen LogP contribution in [0, 0.1) is 0 Å². The highest BCUT2D eigenvalue weighted by Gasteiger charge is 2.25. The summed E-state index contributed by atoms with van der Waals surface area (Å²) in [6.07, 6.45) is 6.92. The van der Waals surface area contributed by atoms with E-state index < -0.39 is 0 Å². The smallest absolute Gasteiger partial charge is 0.231 e. The fraction of sp³-hybridized carbons (Fsp3) is 0.667. The fourth-order valence-corrected chi connectivity index (χ4v) is 1.77. The van der Waals surface area contributed by atoms with Gasteiger partial charge in [0.05, 0.1) is 25.2 Å². The Morgan fingerprint density at radius 2 is 2.00 bits per heavy atom. The first-order valence-corrected chi connectivity index (χ1v) is 5.52. The maximum absolute atomic E-state index is 5.00. The Balaban J connectivity index is 2.92. The lowest BCUT2D eigenvalue weighted by molar-refractivity contribution is 0.380. The summed E-state index contributed by atoms with van der Waals surface area (Å²) in [7, 11) is 1.61. The lowest BCUT2D eigenvalue weighted by Crippen LogP contribution is -2.22. The Morgan fingerprint density at radius 3 is 2.40 bits per heavy atom. The minimum absolute atomic E-state index is 0.147. The van der Waals surface area contributed by atoms with E-state index in [1.807, 2.05) is 6.20 Å². The zero-order chi connectivity index (χ0) is 11.3. The number of nitrogens with zero attached hydrogens (tertiary/aromatic N) is 2. The maximum Gasteiger partial charge on any atom is 0.231 e. The number of methoxy groups -OCH3 is 1. The average Bonchev–Trinajstić information content (AvgIpc) is 2.29. The molecule has 15 heavy (non-hydrogen) atoms. The van der Waals surface area contributed by atoms with E-state index in [4.69, 9.17) is 4.74 Å². The average molecular weight is 208 g/mol. The lowest BCUT2D eigenvalue weighted by Gasteiger charge is -2.26. The number of ether oxygens (including phenoxy) is 1.